The van der Waals surface area contributed by atoms with Gasteiger partial charge in [-0.2, -0.15) is 0 Å². The number of rotatable bonds is 4. The summed E-state index contributed by atoms with van der Waals surface area (Å²) in [7, 11) is 0. The predicted octanol–water partition coefficient (Wildman–Crippen LogP) is 2.57. The molecule has 16 heavy (non-hydrogen) atoms. The highest BCUT2D eigenvalue weighted by Crippen LogP contribution is 2.05. The number of amides is 1. The van der Waals surface area contributed by atoms with Crippen LogP contribution >= 0.6 is 0 Å². The zero-order valence-corrected chi connectivity index (χ0v) is 8.88. The summed E-state index contributed by atoms with van der Waals surface area (Å²) in [6.07, 6.45) is 4.18. The number of hydrogen-bond acceptors (Lipinski definition) is 3. The largest absolute Gasteiger partial charge is 0.341 e. The Balaban J connectivity index is 2.55. The van der Waals surface area contributed by atoms with E-state index in [4.69, 9.17) is 5.26 Å². The second-order valence-corrected chi connectivity index (χ2v) is 2.97. The molecule has 0 aliphatic rings. The molecule has 0 aliphatic carbocycles. The molecule has 0 aliphatic heterocycles. The number of nitrogens with one attached hydrogen (secondary N) is 1. The second kappa shape index (κ2) is 6.42. The molecule has 0 spiro atoms. The standard InChI is InChI=1S/C12H13NO3/c1-2-11(16-15)8-9-12(14)13-10-6-4-3-5-7-10/h2-9,15H,1H3,(H,13,14)/b9-8+,11-2+. The molecule has 1 aromatic carbocycles. The van der Waals surface area contributed by atoms with Crippen LogP contribution in [0.5, 0.6) is 0 Å². The second-order valence-electron chi connectivity index (χ2n) is 2.97. The van der Waals surface area contributed by atoms with Crippen LogP contribution < -0.4 is 5.32 Å². The SMILES string of the molecule is C/C=C(\C=C\C(=O)Nc1ccccc1)OO. The van der Waals surface area contributed by atoms with Crippen molar-refractivity contribution in [1.82, 2.24) is 0 Å². The van der Waals surface area contributed by atoms with Gasteiger partial charge in [0.2, 0.25) is 5.91 Å². The summed E-state index contributed by atoms with van der Waals surface area (Å²) in [5.41, 5.74) is 0.712. The maximum atomic E-state index is 11.4. The summed E-state index contributed by atoms with van der Waals surface area (Å²) in [5.74, 6) is -0.0780. The third-order valence-electron chi connectivity index (χ3n) is 1.83. The molecule has 1 amide bonds. The van der Waals surface area contributed by atoms with Crippen molar-refractivity contribution in [1.29, 1.82) is 0 Å². The van der Waals surface area contributed by atoms with E-state index in [1.54, 1.807) is 19.1 Å². The van der Waals surface area contributed by atoms with Crippen LogP contribution in [0.2, 0.25) is 0 Å². The molecule has 1 aromatic rings. The highest BCUT2D eigenvalue weighted by Gasteiger charge is 1.97. The van der Waals surface area contributed by atoms with Crippen molar-refractivity contribution in [2.75, 3.05) is 5.32 Å². The number of carbonyl (C=O) groups excluding carboxylic acids is 1. The summed E-state index contributed by atoms with van der Waals surface area (Å²) in [5, 5.41) is 11.0. The Morgan fingerprint density at radius 3 is 2.56 bits per heavy atom. The van der Waals surface area contributed by atoms with E-state index >= 15 is 0 Å². The van der Waals surface area contributed by atoms with Gasteiger partial charge < -0.3 is 10.2 Å². The molecule has 0 bridgehead atoms. The Bertz CT molecular complexity index is 396. The normalized spacial score (nSPS) is 11.5. The van der Waals surface area contributed by atoms with E-state index in [1.165, 1.54) is 18.2 Å². The van der Waals surface area contributed by atoms with Gasteiger partial charge in [0.15, 0.2) is 5.76 Å². The molecule has 0 saturated heterocycles. The lowest BCUT2D eigenvalue weighted by Crippen LogP contribution is -2.07. The highest BCUT2D eigenvalue weighted by atomic mass is 17.1. The molecule has 0 unspecified atom stereocenters. The molecule has 0 atom stereocenters. The zero-order valence-electron chi connectivity index (χ0n) is 8.88. The molecule has 84 valence electrons. The van der Waals surface area contributed by atoms with Gasteiger partial charge in [0.25, 0.3) is 0 Å². The Labute approximate surface area is 93.8 Å². The smallest absolute Gasteiger partial charge is 0.248 e. The van der Waals surface area contributed by atoms with E-state index in [-0.39, 0.29) is 11.7 Å². The average Bonchev–Trinajstić information content (AvgIpc) is 2.31. The molecule has 4 nitrogen and oxygen atoms in total. The van der Waals surface area contributed by atoms with Crippen molar-refractivity contribution >= 4 is 11.6 Å². The van der Waals surface area contributed by atoms with Gasteiger partial charge in [-0.3, -0.25) is 4.79 Å². The molecule has 0 saturated carbocycles. The van der Waals surface area contributed by atoms with Crippen molar-refractivity contribution in [3.8, 4) is 0 Å². The lowest BCUT2D eigenvalue weighted by Gasteiger charge is -2.00. The monoisotopic (exact) mass is 219 g/mol. The summed E-state index contributed by atoms with van der Waals surface area (Å²) >= 11 is 0. The molecule has 4 heteroatoms. The van der Waals surface area contributed by atoms with Crippen molar-refractivity contribution in [2.45, 2.75) is 6.92 Å². The Hall–Kier alpha value is -2.07. The van der Waals surface area contributed by atoms with Gasteiger partial charge in [-0.05, 0) is 31.2 Å². The van der Waals surface area contributed by atoms with E-state index < -0.39 is 0 Å². The molecule has 1 rings (SSSR count). The van der Waals surface area contributed by atoms with Crippen LogP contribution in [0.3, 0.4) is 0 Å². The molecular formula is C12H13NO3. The Kier molecular flexibility index (Phi) is 4.82. The minimum absolute atomic E-state index is 0.211. The van der Waals surface area contributed by atoms with Gasteiger partial charge in [0.05, 0.1) is 0 Å². The van der Waals surface area contributed by atoms with Crippen LogP contribution in [0.4, 0.5) is 5.69 Å². The summed E-state index contributed by atoms with van der Waals surface area (Å²) in [6, 6.07) is 9.08. The number of hydrogen-bond donors (Lipinski definition) is 2. The summed E-state index contributed by atoms with van der Waals surface area (Å²) in [6.45, 7) is 1.69. The lowest BCUT2D eigenvalue weighted by atomic mass is 10.3. The van der Waals surface area contributed by atoms with Crippen LogP contribution in [0.1, 0.15) is 6.92 Å². The van der Waals surface area contributed by atoms with Crippen molar-refractivity contribution in [3.05, 3.63) is 54.3 Å². The van der Waals surface area contributed by atoms with Crippen LogP contribution in [0.15, 0.2) is 54.3 Å². The molecule has 0 heterocycles. The number of benzene rings is 1. The third kappa shape index (κ3) is 3.98. The first-order chi connectivity index (χ1) is 7.76. The first-order valence-electron chi connectivity index (χ1n) is 4.78. The van der Waals surface area contributed by atoms with Gasteiger partial charge in [-0.15, -0.1) is 0 Å². The number of anilines is 1. The van der Waals surface area contributed by atoms with Crippen molar-refractivity contribution in [3.63, 3.8) is 0 Å². The molecule has 2 N–H and O–H groups in total. The number of carbonyl (C=O) groups is 1. The van der Waals surface area contributed by atoms with E-state index in [1.807, 2.05) is 18.2 Å². The maximum Gasteiger partial charge on any atom is 0.248 e. The Morgan fingerprint density at radius 1 is 1.31 bits per heavy atom. The van der Waals surface area contributed by atoms with Gasteiger partial charge in [-0.1, -0.05) is 18.2 Å². The van der Waals surface area contributed by atoms with E-state index in [0.29, 0.717) is 5.69 Å². The molecule has 0 radical (unpaired) electrons. The average molecular weight is 219 g/mol. The third-order valence-corrected chi connectivity index (χ3v) is 1.83. The lowest BCUT2D eigenvalue weighted by molar-refractivity contribution is -0.198. The van der Waals surface area contributed by atoms with Gasteiger partial charge in [0.1, 0.15) is 0 Å². The van der Waals surface area contributed by atoms with E-state index in [0.717, 1.165) is 0 Å². The van der Waals surface area contributed by atoms with Gasteiger partial charge in [0, 0.05) is 11.8 Å². The highest BCUT2D eigenvalue weighted by molar-refractivity contribution is 5.99. The molecular weight excluding hydrogens is 206 g/mol. The van der Waals surface area contributed by atoms with E-state index in [9.17, 15) is 4.79 Å². The number of para-hydroxylation sites is 1. The van der Waals surface area contributed by atoms with Crippen molar-refractivity contribution in [2.24, 2.45) is 0 Å². The van der Waals surface area contributed by atoms with Crippen LogP contribution in [-0.4, -0.2) is 11.2 Å². The fourth-order valence-electron chi connectivity index (χ4n) is 1.04. The van der Waals surface area contributed by atoms with Crippen LogP contribution in [0.25, 0.3) is 0 Å². The zero-order chi connectivity index (χ0) is 11.8. The fraction of sp³-hybridized carbons (Fsp3) is 0.0833. The first-order valence-corrected chi connectivity index (χ1v) is 4.78. The fourth-order valence-corrected chi connectivity index (χ4v) is 1.04. The minimum atomic E-state index is -0.289. The van der Waals surface area contributed by atoms with Crippen molar-refractivity contribution < 1.29 is 14.9 Å². The van der Waals surface area contributed by atoms with Gasteiger partial charge in [-0.25, -0.2) is 5.26 Å². The van der Waals surface area contributed by atoms with E-state index in [2.05, 4.69) is 10.2 Å². The quantitative estimate of drug-likeness (QED) is 0.269. The van der Waals surface area contributed by atoms with Crippen LogP contribution in [0, 0.1) is 0 Å². The molecule has 0 aromatic heterocycles. The topological polar surface area (TPSA) is 58.6 Å². The first kappa shape index (κ1) is 12.0. The molecule has 0 fully saturated rings. The minimum Gasteiger partial charge on any atom is -0.341 e. The summed E-state index contributed by atoms with van der Waals surface area (Å²) < 4.78 is 0. The predicted molar refractivity (Wildman–Crippen MR) is 61.7 cm³/mol. The maximum absolute atomic E-state index is 11.4. The Morgan fingerprint density at radius 2 is 2.00 bits per heavy atom. The number of allylic oxidation sites excluding steroid dienone is 2. The summed E-state index contributed by atoms with van der Waals surface area (Å²) in [4.78, 5) is 15.4. The van der Waals surface area contributed by atoms with Crippen LogP contribution in [-0.2, 0) is 9.68 Å². The van der Waals surface area contributed by atoms with Gasteiger partial charge >= 0.3 is 0 Å².